The molecular formula is C30H36N5+. The van der Waals surface area contributed by atoms with Crippen LogP contribution in [0.25, 0.3) is 16.7 Å². The van der Waals surface area contributed by atoms with E-state index in [0.717, 1.165) is 73.2 Å². The van der Waals surface area contributed by atoms with Gasteiger partial charge in [-0.2, -0.15) is 5.26 Å². The summed E-state index contributed by atoms with van der Waals surface area (Å²) in [5, 5.41) is 10.1. The zero-order chi connectivity index (χ0) is 24.4. The molecule has 0 spiro atoms. The number of nitrogens with zero attached hydrogens (tertiary/aromatic N) is 4. The highest BCUT2D eigenvalue weighted by Crippen LogP contribution is 2.34. The SMILES string of the molecule is Cc1c(CCC(C)C)c(N2CC[NH+](CCc3ccccc3)CC2)n2c(nc3ccccc32)c1C#N. The maximum atomic E-state index is 10.1. The van der Waals surface area contributed by atoms with E-state index < -0.39 is 0 Å². The van der Waals surface area contributed by atoms with Crippen molar-refractivity contribution in [2.45, 2.75) is 40.0 Å². The van der Waals surface area contributed by atoms with Crippen molar-refractivity contribution in [3.63, 3.8) is 0 Å². The molecule has 0 atom stereocenters. The Kier molecular flexibility index (Phi) is 6.74. The van der Waals surface area contributed by atoms with Crippen molar-refractivity contribution in [1.29, 1.82) is 5.26 Å². The zero-order valence-corrected chi connectivity index (χ0v) is 21.2. The van der Waals surface area contributed by atoms with Crippen LogP contribution in [0.4, 0.5) is 5.82 Å². The van der Waals surface area contributed by atoms with Gasteiger partial charge in [0.05, 0.1) is 49.3 Å². The van der Waals surface area contributed by atoms with Gasteiger partial charge in [-0.3, -0.25) is 4.40 Å². The maximum Gasteiger partial charge on any atom is 0.157 e. The Morgan fingerprint density at radius 3 is 2.43 bits per heavy atom. The minimum atomic E-state index is 0.613. The quantitative estimate of drug-likeness (QED) is 0.444. The average Bonchev–Trinajstić information content (AvgIpc) is 3.26. The Hall–Kier alpha value is -3.36. The molecule has 1 saturated heterocycles. The Morgan fingerprint density at radius 2 is 1.71 bits per heavy atom. The maximum absolute atomic E-state index is 10.1. The molecule has 0 bridgehead atoms. The molecule has 4 aromatic rings. The topological polar surface area (TPSA) is 48.8 Å². The molecule has 35 heavy (non-hydrogen) atoms. The second kappa shape index (κ2) is 10.1. The molecule has 0 radical (unpaired) electrons. The van der Waals surface area contributed by atoms with Gasteiger partial charge in [0.25, 0.3) is 0 Å². The van der Waals surface area contributed by atoms with Crippen LogP contribution >= 0.6 is 0 Å². The summed E-state index contributed by atoms with van der Waals surface area (Å²) >= 11 is 0. The van der Waals surface area contributed by atoms with Crippen LogP contribution in [0.1, 0.15) is 42.5 Å². The van der Waals surface area contributed by atoms with E-state index in [2.05, 4.69) is 84.7 Å². The number of aromatic nitrogens is 2. The van der Waals surface area contributed by atoms with Crippen LogP contribution in [-0.4, -0.2) is 42.1 Å². The molecule has 1 aliphatic rings. The average molecular weight is 467 g/mol. The van der Waals surface area contributed by atoms with Gasteiger partial charge in [-0.1, -0.05) is 56.3 Å². The summed E-state index contributed by atoms with van der Waals surface area (Å²) in [5.41, 5.74) is 7.41. The summed E-state index contributed by atoms with van der Waals surface area (Å²) < 4.78 is 2.28. The highest BCUT2D eigenvalue weighted by atomic mass is 15.3. The van der Waals surface area contributed by atoms with Crippen LogP contribution in [0.3, 0.4) is 0 Å². The van der Waals surface area contributed by atoms with E-state index in [1.165, 1.54) is 23.5 Å². The normalized spacial score (nSPS) is 14.8. The fraction of sp³-hybridized carbons (Fsp3) is 0.400. The molecule has 1 fully saturated rings. The predicted octanol–water partition coefficient (Wildman–Crippen LogP) is 4.20. The number of piperazine rings is 1. The third kappa shape index (κ3) is 4.63. The van der Waals surface area contributed by atoms with E-state index in [1.54, 1.807) is 4.90 Å². The summed E-state index contributed by atoms with van der Waals surface area (Å²) in [7, 11) is 0. The molecule has 0 unspecified atom stereocenters. The summed E-state index contributed by atoms with van der Waals surface area (Å²) in [6.45, 7) is 12.2. The Labute approximate surface area is 208 Å². The predicted molar refractivity (Wildman–Crippen MR) is 143 cm³/mol. The number of rotatable bonds is 7. The smallest absolute Gasteiger partial charge is 0.157 e. The van der Waals surface area contributed by atoms with E-state index in [-0.39, 0.29) is 0 Å². The van der Waals surface area contributed by atoms with Gasteiger partial charge in [0.1, 0.15) is 11.9 Å². The minimum Gasteiger partial charge on any atom is -0.346 e. The lowest BCUT2D eigenvalue weighted by Gasteiger charge is -2.36. The van der Waals surface area contributed by atoms with E-state index in [4.69, 9.17) is 4.98 Å². The number of anilines is 1. The van der Waals surface area contributed by atoms with Gasteiger partial charge in [0.15, 0.2) is 5.65 Å². The highest BCUT2D eigenvalue weighted by molar-refractivity contribution is 5.86. The first kappa shape index (κ1) is 23.4. The lowest BCUT2D eigenvalue weighted by molar-refractivity contribution is -0.900. The Balaban J connectivity index is 1.51. The number of nitrogens with one attached hydrogen (secondary N) is 1. The van der Waals surface area contributed by atoms with E-state index in [9.17, 15) is 5.26 Å². The van der Waals surface area contributed by atoms with Gasteiger partial charge >= 0.3 is 0 Å². The van der Waals surface area contributed by atoms with Crippen molar-refractivity contribution in [3.8, 4) is 6.07 Å². The molecule has 2 aromatic carbocycles. The fourth-order valence-electron chi connectivity index (χ4n) is 5.48. The summed E-state index contributed by atoms with van der Waals surface area (Å²) in [5.74, 6) is 1.87. The van der Waals surface area contributed by atoms with Gasteiger partial charge in [0, 0.05) is 6.42 Å². The molecule has 0 amide bonds. The number of hydrogen-bond acceptors (Lipinski definition) is 3. The summed E-state index contributed by atoms with van der Waals surface area (Å²) in [6, 6.07) is 21.6. The van der Waals surface area contributed by atoms with Crippen LogP contribution in [0, 0.1) is 24.2 Å². The van der Waals surface area contributed by atoms with E-state index in [0.29, 0.717) is 5.92 Å². The lowest BCUT2D eigenvalue weighted by Crippen LogP contribution is -3.15. The Morgan fingerprint density at radius 1 is 1.00 bits per heavy atom. The zero-order valence-electron chi connectivity index (χ0n) is 21.2. The van der Waals surface area contributed by atoms with Crippen LogP contribution in [-0.2, 0) is 12.8 Å². The van der Waals surface area contributed by atoms with Gasteiger partial charge in [-0.15, -0.1) is 0 Å². The van der Waals surface area contributed by atoms with E-state index >= 15 is 0 Å². The highest BCUT2D eigenvalue weighted by Gasteiger charge is 2.28. The third-order valence-electron chi connectivity index (χ3n) is 7.56. The molecule has 1 N–H and O–H groups in total. The number of fused-ring (bicyclic) bond motifs is 3. The molecule has 2 aromatic heterocycles. The number of para-hydroxylation sites is 2. The first-order valence-electron chi connectivity index (χ1n) is 13.0. The number of pyridine rings is 1. The van der Waals surface area contributed by atoms with Gasteiger partial charge in [0.2, 0.25) is 0 Å². The molecule has 3 heterocycles. The molecule has 5 nitrogen and oxygen atoms in total. The standard InChI is InChI=1S/C30H35N5/c1-22(2)13-14-25-23(3)26(21-31)29-32-27-11-7-8-12-28(27)35(29)30(25)34-19-17-33(18-20-34)16-15-24-9-5-4-6-10-24/h4-12,22H,13-20H2,1-3H3/p+1. The largest absolute Gasteiger partial charge is 0.346 e. The van der Waals surface area contributed by atoms with Crippen LogP contribution in [0.2, 0.25) is 0 Å². The number of imidazole rings is 1. The number of nitriles is 1. The van der Waals surface area contributed by atoms with Crippen LogP contribution in [0.5, 0.6) is 0 Å². The van der Waals surface area contributed by atoms with Crippen LogP contribution < -0.4 is 9.80 Å². The summed E-state index contributed by atoms with van der Waals surface area (Å²) in [4.78, 5) is 9.16. The first-order valence-corrected chi connectivity index (χ1v) is 13.0. The Bertz CT molecular complexity index is 1350. The van der Waals surface area contributed by atoms with Gasteiger partial charge in [-0.05, 0) is 54.5 Å². The fourth-order valence-corrected chi connectivity index (χ4v) is 5.48. The van der Waals surface area contributed by atoms with Crippen molar-refractivity contribution in [2.24, 2.45) is 5.92 Å². The molecule has 5 rings (SSSR count). The molecule has 5 heteroatoms. The monoisotopic (exact) mass is 466 g/mol. The lowest BCUT2D eigenvalue weighted by atomic mass is 9.96. The van der Waals surface area contributed by atoms with Crippen molar-refractivity contribution >= 4 is 22.5 Å². The minimum absolute atomic E-state index is 0.613. The summed E-state index contributed by atoms with van der Waals surface area (Å²) in [6.07, 6.45) is 3.22. The van der Waals surface area contributed by atoms with Crippen molar-refractivity contribution in [2.75, 3.05) is 37.6 Å². The molecular weight excluding hydrogens is 430 g/mol. The molecule has 0 aliphatic carbocycles. The van der Waals surface area contributed by atoms with Gasteiger partial charge in [-0.25, -0.2) is 4.98 Å². The molecule has 180 valence electrons. The van der Waals surface area contributed by atoms with Crippen molar-refractivity contribution in [1.82, 2.24) is 9.38 Å². The second-order valence-electron chi connectivity index (χ2n) is 10.3. The van der Waals surface area contributed by atoms with Crippen molar-refractivity contribution < 1.29 is 4.90 Å². The number of quaternary nitrogens is 1. The number of benzene rings is 2. The first-order chi connectivity index (χ1) is 17.1. The third-order valence-corrected chi connectivity index (χ3v) is 7.56. The molecule has 0 saturated carbocycles. The van der Waals surface area contributed by atoms with E-state index in [1.807, 2.05) is 6.07 Å². The number of hydrogen-bond donors (Lipinski definition) is 1. The second-order valence-corrected chi connectivity index (χ2v) is 10.3. The van der Waals surface area contributed by atoms with Crippen molar-refractivity contribution in [3.05, 3.63) is 76.9 Å². The molecule has 1 aliphatic heterocycles. The van der Waals surface area contributed by atoms with Crippen LogP contribution in [0.15, 0.2) is 54.6 Å². The van der Waals surface area contributed by atoms with Gasteiger partial charge < -0.3 is 9.80 Å².